The minimum atomic E-state index is -1.50. The first-order chi connectivity index (χ1) is 12.9. The number of carbonyl (C=O) groups excluding carboxylic acids is 4. The summed E-state index contributed by atoms with van der Waals surface area (Å²) in [5, 5.41) is 24.6. The number of amides is 4. The lowest BCUT2D eigenvalue weighted by molar-refractivity contribution is -0.142. The van der Waals surface area contributed by atoms with E-state index in [1.54, 1.807) is 6.92 Å². The monoisotopic (exact) mass is 403 g/mol. The molecule has 160 valence electrons. The lowest BCUT2D eigenvalue weighted by atomic mass is 9.99. The molecule has 0 aliphatic carbocycles. The molecule has 5 unspecified atom stereocenters. The molecule has 28 heavy (non-hydrogen) atoms. The molecule has 0 aromatic heterocycles. The summed E-state index contributed by atoms with van der Waals surface area (Å²) in [7, 11) is 0. The summed E-state index contributed by atoms with van der Waals surface area (Å²) in [4.78, 5) is 58.6. The second kappa shape index (κ2) is 11.9. The molecular weight excluding hydrogens is 374 g/mol. The number of hydrogen-bond donors (Lipinski definition) is 7. The third kappa shape index (κ3) is 8.31. The molecular formula is C16H29N5O7. The third-order valence-electron chi connectivity index (χ3n) is 4.14. The maximum absolute atomic E-state index is 12.4. The normalized spacial score (nSPS) is 16.0. The standard InChI is InChI=1S/C16H29N5O7/c1-4-7(2)12(18)15(26)20-9(5-11(17)23)13(24)21-10(6-22)14(25)19-8(3)16(27)28/h7-10,12,22H,4-6,18H2,1-3H3,(H2,17,23)(H,19,25)(H,20,26)(H,21,24)(H,27,28). The number of carbonyl (C=O) groups is 5. The Morgan fingerprint density at radius 3 is 1.86 bits per heavy atom. The molecule has 12 nitrogen and oxygen atoms in total. The molecule has 0 aliphatic heterocycles. The minimum Gasteiger partial charge on any atom is -0.480 e. The van der Waals surface area contributed by atoms with Gasteiger partial charge in [0, 0.05) is 0 Å². The summed E-state index contributed by atoms with van der Waals surface area (Å²) in [6.45, 7) is 3.92. The maximum Gasteiger partial charge on any atom is 0.325 e. The zero-order valence-corrected chi connectivity index (χ0v) is 16.1. The van der Waals surface area contributed by atoms with Gasteiger partial charge in [-0.1, -0.05) is 20.3 Å². The van der Waals surface area contributed by atoms with Crippen LogP contribution in [0.2, 0.25) is 0 Å². The Morgan fingerprint density at radius 1 is 0.929 bits per heavy atom. The van der Waals surface area contributed by atoms with Gasteiger partial charge in [0.1, 0.15) is 18.1 Å². The van der Waals surface area contributed by atoms with Gasteiger partial charge in [-0.2, -0.15) is 0 Å². The van der Waals surface area contributed by atoms with Gasteiger partial charge in [0.15, 0.2) is 0 Å². The molecule has 0 saturated carbocycles. The van der Waals surface area contributed by atoms with E-state index in [0.717, 1.165) is 0 Å². The van der Waals surface area contributed by atoms with E-state index in [0.29, 0.717) is 6.42 Å². The smallest absolute Gasteiger partial charge is 0.325 e. The molecule has 0 aromatic carbocycles. The zero-order valence-electron chi connectivity index (χ0n) is 16.1. The molecule has 0 spiro atoms. The van der Waals surface area contributed by atoms with Crippen LogP contribution >= 0.6 is 0 Å². The SMILES string of the molecule is CCC(C)C(N)C(=O)NC(CC(N)=O)C(=O)NC(CO)C(=O)NC(C)C(=O)O. The van der Waals surface area contributed by atoms with E-state index in [9.17, 15) is 29.1 Å². The van der Waals surface area contributed by atoms with Gasteiger partial charge in [0.25, 0.3) is 0 Å². The molecule has 0 radical (unpaired) electrons. The van der Waals surface area contributed by atoms with Gasteiger partial charge in [0.05, 0.1) is 19.1 Å². The van der Waals surface area contributed by atoms with E-state index in [1.165, 1.54) is 6.92 Å². The van der Waals surface area contributed by atoms with Crippen LogP contribution in [-0.2, 0) is 24.0 Å². The van der Waals surface area contributed by atoms with Crippen LogP contribution < -0.4 is 27.4 Å². The number of aliphatic carboxylic acids is 1. The Labute approximate surface area is 162 Å². The second-order valence-electron chi connectivity index (χ2n) is 6.46. The highest BCUT2D eigenvalue weighted by Gasteiger charge is 2.30. The van der Waals surface area contributed by atoms with Crippen LogP contribution in [0, 0.1) is 5.92 Å². The fourth-order valence-corrected chi connectivity index (χ4v) is 2.03. The summed E-state index contributed by atoms with van der Waals surface area (Å²) in [5.41, 5.74) is 10.9. The molecule has 0 fully saturated rings. The van der Waals surface area contributed by atoms with E-state index >= 15 is 0 Å². The maximum atomic E-state index is 12.4. The van der Waals surface area contributed by atoms with Gasteiger partial charge in [0.2, 0.25) is 23.6 Å². The van der Waals surface area contributed by atoms with Crippen molar-refractivity contribution in [1.29, 1.82) is 0 Å². The Bertz CT molecular complexity index is 598. The third-order valence-corrected chi connectivity index (χ3v) is 4.14. The number of primary amides is 1. The van der Waals surface area contributed by atoms with E-state index in [-0.39, 0.29) is 5.92 Å². The lowest BCUT2D eigenvalue weighted by Crippen LogP contribution is -2.58. The largest absolute Gasteiger partial charge is 0.480 e. The fourth-order valence-electron chi connectivity index (χ4n) is 2.03. The van der Waals surface area contributed by atoms with E-state index in [4.69, 9.17) is 16.6 Å². The van der Waals surface area contributed by atoms with Crippen molar-refractivity contribution < 1.29 is 34.2 Å². The van der Waals surface area contributed by atoms with Crippen LogP contribution in [0.5, 0.6) is 0 Å². The van der Waals surface area contributed by atoms with E-state index in [2.05, 4.69) is 16.0 Å². The van der Waals surface area contributed by atoms with Crippen molar-refractivity contribution >= 4 is 29.6 Å². The first kappa shape index (κ1) is 25.3. The Kier molecular flexibility index (Phi) is 10.7. The first-order valence-electron chi connectivity index (χ1n) is 8.73. The van der Waals surface area contributed by atoms with Gasteiger partial charge < -0.3 is 37.6 Å². The van der Waals surface area contributed by atoms with Gasteiger partial charge in [-0.05, 0) is 12.8 Å². The lowest BCUT2D eigenvalue weighted by Gasteiger charge is -2.24. The van der Waals surface area contributed by atoms with Crippen molar-refractivity contribution in [3.63, 3.8) is 0 Å². The Balaban J connectivity index is 5.17. The zero-order chi connectivity index (χ0) is 22.0. The average molecular weight is 403 g/mol. The number of carboxylic acids is 1. The molecule has 0 heterocycles. The van der Waals surface area contributed by atoms with Crippen molar-refractivity contribution in [3.8, 4) is 0 Å². The van der Waals surface area contributed by atoms with Crippen LogP contribution in [0.1, 0.15) is 33.6 Å². The number of aliphatic hydroxyl groups is 1. The Morgan fingerprint density at radius 2 is 1.43 bits per heavy atom. The van der Waals surface area contributed by atoms with Gasteiger partial charge in [-0.25, -0.2) is 0 Å². The molecule has 12 heteroatoms. The highest BCUT2D eigenvalue weighted by atomic mass is 16.4. The average Bonchev–Trinajstić information content (AvgIpc) is 2.62. The topological polar surface area (TPSA) is 214 Å². The van der Waals surface area contributed by atoms with Crippen LogP contribution in [0.4, 0.5) is 0 Å². The fraction of sp³-hybridized carbons (Fsp3) is 0.688. The van der Waals surface area contributed by atoms with Gasteiger partial charge in [-0.3, -0.25) is 24.0 Å². The van der Waals surface area contributed by atoms with Crippen molar-refractivity contribution in [2.24, 2.45) is 17.4 Å². The van der Waals surface area contributed by atoms with Gasteiger partial charge >= 0.3 is 5.97 Å². The quantitative estimate of drug-likeness (QED) is 0.175. The van der Waals surface area contributed by atoms with Crippen LogP contribution in [-0.4, -0.2) is 70.6 Å². The van der Waals surface area contributed by atoms with Crippen molar-refractivity contribution in [3.05, 3.63) is 0 Å². The predicted molar refractivity (Wildman–Crippen MR) is 97.4 cm³/mol. The number of aliphatic hydroxyl groups excluding tert-OH is 1. The summed E-state index contributed by atoms with van der Waals surface area (Å²) in [5.74, 6) is -4.98. The Hall–Kier alpha value is -2.73. The molecule has 9 N–H and O–H groups in total. The number of carboxylic acid groups (broad SMARTS) is 1. The van der Waals surface area contributed by atoms with Crippen molar-refractivity contribution in [1.82, 2.24) is 16.0 Å². The molecule has 4 amide bonds. The van der Waals surface area contributed by atoms with Crippen LogP contribution in [0.3, 0.4) is 0 Å². The second-order valence-corrected chi connectivity index (χ2v) is 6.46. The number of nitrogens with two attached hydrogens (primary N) is 2. The number of nitrogens with one attached hydrogen (secondary N) is 3. The number of rotatable bonds is 12. The van der Waals surface area contributed by atoms with E-state index in [1.807, 2.05) is 6.92 Å². The first-order valence-corrected chi connectivity index (χ1v) is 8.73. The molecule has 0 bridgehead atoms. The minimum absolute atomic E-state index is 0.189. The van der Waals surface area contributed by atoms with Crippen LogP contribution in [0.15, 0.2) is 0 Å². The molecule has 0 aliphatic rings. The van der Waals surface area contributed by atoms with E-state index < -0.39 is 66.8 Å². The van der Waals surface area contributed by atoms with Crippen molar-refractivity contribution in [2.75, 3.05) is 6.61 Å². The highest BCUT2D eigenvalue weighted by Crippen LogP contribution is 2.06. The molecule has 0 aromatic rings. The summed E-state index contributed by atoms with van der Waals surface area (Å²) in [6.07, 6.45) is 0.0475. The summed E-state index contributed by atoms with van der Waals surface area (Å²) >= 11 is 0. The predicted octanol–water partition coefficient (Wildman–Crippen LogP) is -3.21. The molecule has 0 rings (SSSR count). The molecule has 5 atom stereocenters. The summed E-state index contributed by atoms with van der Waals surface area (Å²) in [6, 6.07) is -5.10. The highest BCUT2D eigenvalue weighted by molar-refractivity contribution is 5.96. The van der Waals surface area contributed by atoms with Gasteiger partial charge in [-0.15, -0.1) is 0 Å². The van der Waals surface area contributed by atoms with Crippen molar-refractivity contribution in [2.45, 2.75) is 57.8 Å². The molecule has 0 saturated heterocycles. The number of hydrogen-bond acceptors (Lipinski definition) is 7. The van der Waals surface area contributed by atoms with Crippen LogP contribution in [0.25, 0.3) is 0 Å². The summed E-state index contributed by atoms with van der Waals surface area (Å²) < 4.78 is 0.